The van der Waals surface area contributed by atoms with Gasteiger partial charge >= 0.3 is 5.97 Å². The molecule has 4 rings (SSSR count). The summed E-state index contributed by atoms with van der Waals surface area (Å²) in [7, 11) is 3.52. The smallest absolute Gasteiger partial charge is 0.554 e. The molecule has 1 aromatic carbocycles. The molecular formula is C20H25FN3O4+. The summed E-state index contributed by atoms with van der Waals surface area (Å²) in [6.45, 7) is 4.18. The van der Waals surface area contributed by atoms with Crippen LogP contribution in [0.25, 0.3) is 10.9 Å². The molecule has 2 N–H and O–H groups in total. The molecule has 7 nitrogen and oxygen atoms in total. The predicted octanol–water partition coefficient (Wildman–Crippen LogP) is 1.49. The lowest BCUT2D eigenvalue weighted by atomic mass is 10.1. The van der Waals surface area contributed by atoms with Crippen LogP contribution >= 0.6 is 0 Å². The molecule has 8 heteroatoms. The summed E-state index contributed by atoms with van der Waals surface area (Å²) in [6.07, 6.45) is 3.25. The highest BCUT2D eigenvalue weighted by molar-refractivity contribution is 5.97. The lowest BCUT2D eigenvalue weighted by Gasteiger charge is -2.39. The number of aromatic nitrogens is 1. The summed E-state index contributed by atoms with van der Waals surface area (Å²) < 4.78 is 22.7. The normalized spacial score (nSPS) is 20.6. The fourth-order valence-corrected chi connectivity index (χ4v) is 3.99. The van der Waals surface area contributed by atoms with Crippen molar-refractivity contribution in [2.75, 3.05) is 38.7 Å². The standard InChI is InChI=1S/C20H24FN3O4/c1-11-9-23(7-6-22(11)2)17-15(21)8-13-16(19(17)28-3)24(12-4-5-12)10-14(18(13)25)20(26)27/h8,10-12H,4-7,9H2,1-3H3,(H,26,27)/p+1. The summed E-state index contributed by atoms with van der Waals surface area (Å²) in [5.74, 6) is -1.28. The second kappa shape index (κ2) is 6.77. The Hall–Kier alpha value is -2.61. The van der Waals surface area contributed by atoms with Gasteiger partial charge in [0.15, 0.2) is 17.1 Å². The van der Waals surface area contributed by atoms with Crippen molar-refractivity contribution >= 4 is 22.6 Å². The molecule has 0 radical (unpaired) electrons. The number of carbonyl (C=O) groups excluding carboxylic acids is 1. The zero-order valence-electron chi connectivity index (χ0n) is 16.3. The van der Waals surface area contributed by atoms with E-state index in [0.29, 0.717) is 30.0 Å². The van der Waals surface area contributed by atoms with Gasteiger partial charge in [-0.05, 0) is 32.9 Å². The van der Waals surface area contributed by atoms with E-state index in [0.717, 1.165) is 19.4 Å². The van der Waals surface area contributed by atoms with Crippen LogP contribution < -0.4 is 15.1 Å². The summed E-state index contributed by atoms with van der Waals surface area (Å²) in [5.41, 5.74) is 0.000833. The van der Waals surface area contributed by atoms with Crippen LogP contribution in [0.2, 0.25) is 0 Å². The molecule has 2 aliphatic rings. The first-order chi connectivity index (χ1) is 13.3. The molecule has 1 unspecified atom stereocenters. The number of methoxy groups -OCH3 is 1. The average Bonchev–Trinajstić information content (AvgIpc) is 3.48. The second-order valence-corrected chi connectivity index (χ2v) is 7.75. The predicted molar refractivity (Wildman–Crippen MR) is 105 cm³/mol. The van der Waals surface area contributed by atoms with E-state index in [9.17, 15) is 9.59 Å². The highest BCUT2D eigenvalue weighted by atomic mass is 19.1. The third-order valence-electron chi connectivity index (χ3n) is 5.86. The molecule has 0 bridgehead atoms. The average molecular weight is 390 g/mol. The van der Waals surface area contributed by atoms with Crippen molar-refractivity contribution in [2.24, 2.45) is 0 Å². The Morgan fingerprint density at radius 1 is 1.32 bits per heavy atom. The zero-order valence-corrected chi connectivity index (χ0v) is 16.3. The van der Waals surface area contributed by atoms with Crippen LogP contribution in [0.1, 0.15) is 36.2 Å². The molecule has 2 aromatic rings. The molecule has 1 saturated heterocycles. The Morgan fingerprint density at radius 2 is 2.04 bits per heavy atom. The first-order valence-corrected chi connectivity index (χ1v) is 9.50. The van der Waals surface area contributed by atoms with E-state index in [1.807, 2.05) is 16.5 Å². The SMILES string of the molecule is COc1c(N2CCN(C)C(C)C2)c(F)cc2c(=O)c(C(=O)[OH2+])cn(C3CC3)c12. The number of benzene rings is 1. The monoisotopic (exact) mass is 390 g/mol. The van der Waals surface area contributed by atoms with Crippen molar-refractivity contribution in [1.82, 2.24) is 9.47 Å². The van der Waals surface area contributed by atoms with Crippen molar-refractivity contribution in [3.05, 3.63) is 33.9 Å². The van der Waals surface area contributed by atoms with Crippen LogP contribution in [0.5, 0.6) is 5.75 Å². The van der Waals surface area contributed by atoms with E-state index in [4.69, 9.17) is 9.84 Å². The molecule has 0 amide bonds. The van der Waals surface area contributed by atoms with Gasteiger partial charge in [-0.3, -0.25) is 4.79 Å². The maximum Gasteiger partial charge on any atom is 0.554 e. The van der Waals surface area contributed by atoms with Crippen molar-refractivity contribution in [2.45, 2.75) is 31.8 Å². The van der Waals surface area contributed by atoms with Gasteiger partial charge in [0.1, 0.15) is 5.69 Å². The highest BCUT2D eigenvalue weighted by Crippen LogP contribution is 2.43. The molecule has 1 aliphatic heterocycles. The Morgan fingerprint density at radius 3 is 2.61 bits per heavy atom. The van der Waals surface area contributed by atoms with Crippen molar-refractivity contribution in [1.29, 1.82) is 0 Å². The number of ether oxygens (including phenoxy) is 1. The molecule has 2 heterocycles. The van der Waals surface area contributed by atoms with Gasteiger partial charge in [-0.15, -0.1) is 0 Å². The lowest BCUT2D eigenvalue weighted by molar-refractivity contribution is 0.0695. The first-order valence-electron chi connectivity index (χ1n) is 9.50. The molecule has 1 aromatic heterocycles. The number of fused-ring (bicyclic) bond motifs is 1. The van der Waals surface area contributed by atoms with E-state index in [1.165, 1.54) is 19.4 Å². The van der Waals surface area contributed by atoms with Gasteiger partial charge in [0.25, 0.3) is 0 Å². The number of hydrogen-bond acceptors (Lipinski definition) is 5. The molecule has 1 aliphatic carbocycles. The quantitative estimate of drug-likeness (QED) is 0.740. The van der Waals surface area contributed by atoms with Gasteiger partial charge in [-0.2, -0.15) is 0 Å². The maximum absolute atomic E-state index is 15.2. The van der Waals surface area contributed by atoms with E-state index >= 15 is 4.39 Å². The van der Waals surface area contributed by atoms with E-state index in [2.05, 4.69) is 11.8 Å². The number of nitrogens with zero attached hydrogens (tertiary/aromatic N) is 3. The number of carbonyl (C=O) groups is 1. The molecule has 1 saturated carbocycles. The third kappa shape index (κ3) is 2.92. The molecular weight excluding hydrogens is 365 g/mol. The minimum Gasteiger partial charge on any atom is -0.561 e. The van der Waals surface area contributed by atoms with Gasteiger partial charge < -0.3 is 24.2 Å². The summed E-state index contributed by atoms with van der Waals surface area (Å²) in [5, 5.41) is 7.49. The van der Waals surface area contributed by atoms with Crippen LogP contribution in [-0.4, -0.2) is 60.4 Å². The number of likely N-dealkylation sites (N-methyl/N-ethyl adjacent to an activating group) is 1. The first kappa shape index (κ1) is 18.7. The molecule has 28 heavy (non-hydrogen) atoms. The largest absolute Gasteiger partial charge is 0.561 e. The summed E-state index contributed by atoms with van der Waals surface area (Å²) >= 11 is 0. The number of halogens is 1. The van der Waals surface area contributed by atoms with Crippen LogP contribution in [0, 0.1) is 5.82 Å². The minimum atomic E-state index is -1.06. The lowest BCUT2D eigenvalue weighted by Crippen LogP contribution is -2.50. The number of anilines is 1. The highest BCUT2D eigenvalue weighted by Gasteiger charge is 2.33. The Bertz CT molecular complexity index is 1010. The van der Waals surface area contributed by atoms with Gasteiger partial charge in [0.05, 0.1) is 18.0 Å². The van der Waals surface area contributed by atoms with Gasteiger partial charge in [-0.25, -0.2) is 4.39 Å². The molecule has 0 spiro atoms. The fourth-order valence-electron chi connectivity index (χ4n) is 3.99. The van der Waals surface area contributed by atoms with Crippen LogP contribution in [0.4, 0.5) is 10.1 Å². The van der Waals surface area contributed by atoms with Gasteiger partial charge in [0.2, 0.25) is 5.43 Å². The Labute approximate surface area is 161 Å². The van der Waals surface area contributed by atoms with E-state index in [-0.39, 0.29) is 23.0 Å². The third-order valence-corrected chi connectivity index (χ3v) is 5.86. The molecule has 1 atom stereocenters. The Kier molecular flexibility index (Phi) is 4.53. The fraction of sp³-hybridized carbons (Fsp3) is 0.500. The van der Waals surface area contributed by atoms with Crippen molar-refractivity contribution in [3.8, 4) is 5.75 Å². The van der Waals surface area contributed by atoms with Gasteiger partial charge in [0, 0.05) is 42.7 Å². The zero-order chi connectivity index (χ0) is 20.2. The minimum absolute atomic E-state index is 0.0882. The van der Waals surface area contributed by atoms with E-state index < -0.39 is 17.2 Å². The number of piperazine rings is 1. The van der Waals surface area contributed by atoms with Crippen molar-refractivity contribution in [3.63, 3.8) is 0 Å². The summed E-state index contributed by atoms with van der Waals surface area (Å²) in [6, 6.07) is 1.58. The molecule has 150 valence electrons. The van der Waals surface area contributed by atoms with Crippen LogP contribution in [0.15, 0.2) is 17.1 Å². The topological polar surface area (TPSA) is 77.7 Å². The number of rotatable bonds is 4. The van der Waals surface area contributed by atoms with Gasteiger partial charge in [-0.1, -0.05) is 0 Å². The van der Waals surface area contributed by atoms with Crippen LogP contribution in [0.3, 0.4) is 0 Å². The van der Waals surface area contributed by atoms with Crippen molar-refractivity contribution < 1.29 is 19.0 Å². The second-order valence-electron chi connectivity index (χ2n) is 7.75. The van der Waals surface area contributed by atoms with E-state index in [1.54, 1.807) is 0 Å². The summed E-state index contributed by atoms with van der Waals surface area (Å²) in [4.78, 5) is 28.6. The van der Waals surface area contributed by atoms with Crippen LogP contribution in [-0.2, 0) is 0 Å². The number of hydrogen-bond donors (Lipinski definition) is 0. The molecule has 2 fully saturated rings. The maximum atomic E-state index is 15.2. The number of pyridine rings is 1. The Balaban J connectivity index is 1.99.